The van der Waals surface area contributed by atoms with Gasteiger partial charge in [0.15, 0.2) is 0 Å². The van der Waals surface area contributed by atoms with Gasteiger partial charge in [0.25, 0.3) is 0 Å². The van der Waals surface area contributed by atoms with Gasteiger partial charge < -0.3 is 15.4 Å². The number of carbonyl (C=O) groups is 1. The highest BCUT2D eigenvalue weighted by atomic mass is 16.6. The summed E-state index contributed by atoms with van der Waals surface area (Å²) in [6.07, 6.45) is 2.33. The highest BCUT2D eigenvalue weighted by molar-refractivity contribution is 5.68. The Hall–Kier alpha value is -1.85. The Balaban J connectivity index is 1.88. The summed E-state index contributed by atoms with van der Waals surface area (Å²) in [6, 6.07) is 3.69. The summed E-state index contributed by atoms with van der Waals surface area (Å²) >= 11 is 0. The van der Waals surface area contributed by atoms with Crippen LogP contribution in [0.4, 0.5) is 10.6 Å². The number of nitrogens with two attached hydrogens (primary N) is 1. The third kappa shape index (κ3) is 4.06. The topological polar surface area (TPSA) is 81.3 Å². The molecular weight excluding hydrogens is 268 g/mol. The molecule has 21 heavy (non-hydrogen) atoms. The second-order valence-electron chi connectivity index (χ2n) is 6.13. The zero-order valence-corrected chi connectivity index (χ0v) is 13.0. The first kappa shape index (κ1) is 15.5. The van der Waals surface area contributed by atoms with E-state index in [1.807, 2.05) is 26.8 Å². The van der Waals surface area contributed by atoms with Crippen LogP contribution in [-0.4, -0.2) is 39.9 Å². The summed E-state index contributed by atoms with van der Waals surface area (Å²) < 4.78 is 5.53. The molecule has 6 nitrogen and oxygen atoms in total. The number of nitrogens with zero attached hydrogens (tertiary/aromatic N) is 3. The SMILES string of the molecule is CCC(C)(C)OC(=O)N1CCC(c2ccc(N)nn2)CC1. The second-order valence-corrected chi connectivity index (χ2v) is 6.13. The standard InChI is InChI=1S/C15H24N4O2/c1-4-15(2,3)21-14(20)19-9-7-11(8-10-19)12-5-6-13(16)18-17-12/h5-6,11H,4,7-10H2,1-3H3,(H2,16,18). The van der Waals surface area contributed by atoms with Gasteiger partial charge in [0.1, 0.15) is 11.4 Å². The summed E-state index contributed by atoms with van der Waals surface area (Å²) in [5.74, 6) is 0.767. The van der Waals surface area contributed by atoms with Crippen molar-refractivity contribution in [3.05, 3.63) is 17.8 Å². The maximum absolute atomic E-state index is 12.1. The lowest BCUT2D eigenvalue weighted by atomic mass is 9.93. The predicted octanol–water partition coefficient (Wildman–Crippen LogP) is 2.56. The Bertz CT molecular complexity index is 479. The first-order chi connectivity index (χ1) is 9.91. The highest BCUT2D eigenvalue weighted by Gasteiger charge is 2.29. The monoisotopic (exact) mass is 292 g/mol. The molecule has 1 fully saturated rings. The van der Waals surface area contributed by atoms with Crippen molar-refractivity contribution < 1.29 is 9.53 Å². The fourth-order valence-corrected chi connectivity index (χ4v) is 2.30. The molecule has 2 N–H and O–H groups in total. The number of amides is 1. The van der Waals surface area contributed by atoms with Gasteiger partial charge >= 0.3 is 6.09 Å². The van der Waals surface area contributed by atoms with E-state index < -0.39 is 5.60 Å². The van der Waals surface area contributed by atoms with Gasteiger partial charge in [0, 0.05) is 19.0 Å². The molecule has 116 valence electrons. The maximum atomic E-state index is 12.1. The number of piperidine rings is 1. The summed E-state index contributed by atoms with van der Waals surface area (Å²) in [6.45, 7) is 7.26. The minimum absolute atomic E-state index is 0.219. The summed E-state index contributed by atoms with van der Waals surface area (Å²) in [5, 5.41) is 8.03. The number of carbonyl (C=O) groups excluding carboxylic acids is 1. The van der Waals surface area contributed by atoms with Gasteiger partial charge in [0.05, 0.1) is 5.69 Å². The summed E-state index contributed by atoms with van der Waals surface area (Å²) in [7, 11) is 0. The fraction of sp³-hybridized carbons (Fsp3) is 0.667. The van der Waals surface area contributed by atoms with Crippen LogP contribution in [0.3, 0.4) is 0 Å². The lowest BCUT2D eigenvalue weighted by Gasteiger charge is -2.33. The van der Waals surface area contributed by atoms with Crippen LogP contribution in [0.2, 0.25) is 0 Å². The number of likely N-dealkylation sites (tertiary alicyclic amines) is 1. The molecule has 0 atom stereocenters. The van der Waals surface area contributed by atoms with Crippen molar-refractivity contribution in [1.29, 1.82) is 0 Å². The highest BCUT2D eigenvalue weighted by Crippen LogP contribution is 2.27. The van der Waals surface area contributed by atoms with E-state index in [4.69, 9.17) is 10.5 Å². The number of ether oxygens (including phenoxy) is 1. The Labute approximate surface area is 125 Å². The Morgan fingerprint density at radius 1 is 1.38 bits per heavy atom. The molecule has 0 bridgehead atoms. The van der Waals surface area contributed by atoms with Gasteiger partial charge in [-0.3, -0.25) is 0 Å². The van der Waals surface area contributed by atoms with Crippen molar-refractivity contribution in [3.8, 4) is 0 Å². The van der Waals surface area contributed by atoms with Crippen LogP contribution in [-0.2, 0) is 4.74 Å². The molecule has 0 unspecified atom stereocenters. The first-order valence-corrected chi connectivity index (χ1v) is 7.48. The number of anilines is 1. The van der Waals surface area contributed by atoms with E-state index >= 15 is 0 Å². The third-order valence-corrected chi connectivity index (χ3v) is 4.09. The first-order valence-electron chi connectivity index (χ1n) is 7.48. The maximum Gasteiger partial charge on any atom is 0.410 e. The van der Waals surface area contributed by atoms with E-state index in [0.717, 1.165) is 25.0 Å². The summed E-state index contributed by atoms with van der Waals surface area (Å²) in [4.78, 5) is 13.9. The van der Waals surface area contributed by atoms with E-state index in [2.05, 4.69) is 10.2 Å². The van der Waals surface area contributed by atoms with Crippen molar-refractivity contribution in [3.63, 3.8) is 0 Å². The smallest absolute Gasteiger partial charge is 0.410 e. The average Bonchev–Trinajstić information content (AvgIpc) is 2.48. The molecule has 0 aliphatic carbocycles. The van der Waals surface area contributed by atoms with Crippen LogP contribution < -0.4 is 5.73 Å². The average molecular weight is 292 g/mol. The molecule has 1 saturated heterocycles. The van der Waals surface area contributed by atoms with Gasteiger partial charge in [-0.2, -0.15) is 5.10 Å². The van der Waals surface area contributed by atoms with Gasteiger partial charge in [-0.05, 0) is 45.2 Å². The number of aromatic nitrogens is 2. The lowest BCUT2D eigenvalue weighted by Crippen LogP contribution is -2.42. The summed E-state index contributed by atoms with van der Waals surface area (Å²) in [5.41, 5.74) is 6.09. The number of rotatable bonds is 3. The lowest BCUT2D eigenvalue weighted by molar-refractivity contribution is 0.00743. The molecule has 1 amide bonds. The van der Waals surface area contributed by atoms with Crippen molar-refractivity contribution >= 4 is 11.9 Å². The second kappa shape index (κ2) is 6.28. The predicted molar refractivity (Wildman–Crippen MR) is 80.8 cm³/mol. The van der Waals surface area contributed by atoms with Crippen LogP contribution in [0.1, 0.15) is 51.6 Å². The Morgan fingerprint density at radius 3 is 2.57 bits per heavy atom. The molecule has 1 aromatic heterocycles. The number of hydrogen-bond donors (Lipinski definition) is 1. The molecule has 0 saturated carbocycles. The largest absolute Gasteiger partial charge is 0.443 e. The molecular formula is C15H24N4O2. The molecule has 1 aliphatic heterocycles. The minimum Gasteiger partial charge on any atom is -0.443 e. The molecule has 2 rings (SSSR count). The Kier molecular flexibility index (Phi) is 4.65. The van der Waals surface area contributed by atoms with Gasteiger partial charge in [-0.1, -0.05) is 6.92 Å². The van der Waals surface area contributed by atoms with E-state index in [1.54, 1.807) is 11.0 Å². The van der Waals surface area contributed by atoms with Gasteiger partial charge in [-0.25, -0.2) is 4.79 Å². The van der Waals surface area contributed by atoms with Crippen LogP contribution in [0.15, 0.2) is 12.1 Å². The third-order valence-electron chi connectivity index (χ3n) is 4.09. The van der Waals surface area contributed by atoms with Crippen molar-refractivity contribution in [2.45, 2.75) is 51.6 Å². The molecule has 0 spiro atoms. The Morgan fingerprint density at radius 2 is 2.05 bits per heavy atom. The van der Waals surface area contributed by atoms with Crippen LogP contribution in [0.25, 0.3) is 0 Å². The number of hydrogen-bond acceptors (Lipinski definition) is 5. The minimum atomic E-state index is -0.406. The molecule has 6 heteroatoms. The van der Waals surface area contributed by atoms with Crippen LogP contribution in [0.5, 0.6) is 0 Å². The van der Waals surface area contributed by atoms with E-state index in [-0.39, 0.29) is 6.09 Å². The van der Waals surface area contributed by atoms with Crippen molar-refractivity contribution in [2.75, 3.05) is 18.8 Å². The van der Waals surface area contributed by atoms with Crippen LogP contribution in [0, 0.1) is 0 Å². The van der Waals surface area contributed by atoms with E-state index in [0.29, 0.717) is 24.8 Å². The van der Waals surface area contributed by atoms with Crippen LogP contribution >= 0.6 is 0 Å². The van der Waals surface area contributed by atoms with Crippen molar-refractivity contribution in [2.24, 2.45) is 0 Å². The normalized spacial score (nSPS) is 16.8. The van der Waals surface area contributed by atoms with Gasteiger partial charge in [0.2, 0.25) is 0 Å². The number of nitrogen functional groups attached to an aromatic ring is 1. The zero-order chi connectivity index (χ0) is 15.5. The molecule has 0 radical (unpaired) electrons. The van der Waals surface area contributed by atoms with E-state index in [1.165, 1.54) is 0 Å². The van der Waals surface area contributed by atoms with Crippen molar-refractivity contribution in [1.82, 2.24) is 15.1 Å². The fourth-order valence-electron chi connectivity index (χ4n) is 2.30. The molecule has 1 aliphatic rings. The zero-order valence-electron chi connectivity index (χ0n) is 13.0. The molecule has 2 heterocycles. The quantitative estimate of drug-likeness (QED) is 0.926. The van der Waals surface area contributed by atoms with E-state index in [9.17, 15) is 4.79 Å². The molecule has 0 aromatic carbocycles. The molecule has 1 aromatic rings. The van der Waals surface area contributed by atoms with Gasteiger partial charge in [-0.15, -0.1) is 5.10 Å².